The minimum atomic E-state index is 0. The van der Waals surface area contributed by atoms with Crippen LogP contribution in [0.3, 0.4) is 0 Å². The van der Waals surface area contributed by atoms with Crippen molar-refractivity contribution < 1.29 is 4.74 Å². The number of aliphatic imine (C=N–C) groups is 1. The fraction of sp³-hybridized carbons (Fsp3) is 0.933. The summed E-state index contributed by atoms with van der Waals surface area (Å²) in [6, 6.07) is 0.629. The lowest BCUT2D eigenvalue weighted by Crippen LogP contribution is -2.39. The Kier molecular flexibility index (Phi) is 8.84. The van der Waals surface area contributed by atoms with Crippen LogP contribution in [0, 0.1) is 5.92 Å². The topological polar surface area (TPSA) is 45.7 Å². The Morgan fingerprint density at radius 1 is 1.25 bits per heavy atom. The van der Waals surface area contributed by atoms with Crippen LogP contribution in [0.1, 0.15) is 51.9 Å². The highest BCUT2D eigenvalue weighted by Crippen LogP contribution is 2.28. The van der Waals surface area contributed by atoms with Gasteiger partial charge in [0.15, 0.2) is 5.96 Å². The zero-order valence-corrected chi connectivity index (χ0v) is 15.2. The monoisotopic (exact) mass is 395 g/mol. The number of nitrogens with one attached hydrogen (secondary N) is 2. The molecule has 0 aromatic carbocycles. The second-order valence-electron chi connectivity index (χ2n) is 5.95. The molecule has 4 nitrogen and oxygen atoms in total. The third-order valence-corrected chi connectivity index (χ3v) is 4.17. The van der Waals surface area contributed by atoms with E-state index in [-0.39, 0.29) is 24.0 Å². The van der Waals surface area contributed by atoms with Gasteiger partial charge in [-0.25, -0.2) is 0 Å². The van der Waals surface area contributed by atoms with Crippen LogP contribution in [0.2, 0.25) is 0 Å². The molecule has 118 valence electrons. The van der Waals surface area contributed by atoms with E-state index in [0.29, 0.717) is 12.1 Å². The molecule has 2 unspecified atom stereocenters. The smallest absolute Gasteiger partial charge is 0.191 e. The van der Waals surface area contributed by atoms with Crippen molar-refractivity contribution >= 4 is 29.9 Å². The molecule has 2 aliphatic rings. The molecule has 2 N–H and O–H groups in total. The van der Waals surface area contributed by atoms with Crippen LogP contribution in [0.4, 0.5) is 0 Å². The molecule has 0 spiro atoms. The molecule has 0 radical (unpaired) electrons. The maximum Gasteiger partial charge on any atom is 0.191 e. The lowest BCUT2D eigenvalue weighted by molar-refractivity contribution is 0.0277. The van der Waals surface area contributed by atoms with Gasteiger partial charge in [-0.3, -0.25) is 4.99 Å². The second kappa shape index (κ2) is 9.82. The summed E-state index contributed by atoms with van der Waals surface area (Å²) in [6.45, 7) is 4.07. The predicted molar refractivity (Wildman–Crippen MR) is 94.9 cm³/mol. The largest absolute Gasteiger partial charge is 0.378 e. The molecule has 0 aromatic rings. The fourth-order valence-electron chi connectivity index (χ4n) is 2.65. The molecule has 2 rings (SSSR count). The molecule has 2 atom stereocenters. The van der Waals surface area contributed by atoms with E-state index in [9.17, 15) is 0 Å². The van der Waals surface area contributed by atoms with Crippen molar-refractivity contribution in [3.8, 4) is 0 Å². The third kappa shape index (κ3) is 6.61. The number of halogens is 1. The van der Waals surface area contributed by atoms with Crippen LogP contribution in [0.5, 0.6) is 0 Å². The first-order chi connectivity index (χ1) is 9.29. The summed E-state index contributed by atoms with van der Waals surface area (Å²) in [7, 11) is 1.83. The van der Waals surface area contributed by atoms with E-state index in [4.69, 9.17) is 4.74 Å². The maximum absolute atomic E-state index is 5.91. The van der Waals surface area contributed by atoms with Gasteiger partial charge in [-0.15, -0.1) is 24.0 Å². The third-order valence-electron chi connectivity index (χ3n) is 4.17. The van der Waals surface area contributed by atoms with Gasteiger partial charge in [0, 0.05) is 26.2 Å². The summed E-state index contributed by atoms with van der Waals surface area (Å²) < 4.78 is 5.91. The highest BCUT2D eigenvalue weighted by Gasteiger charge is 2.33. The number of hydrogen-bond acceptors (Lipinski definition) is 2. The van der Waals surface area contributed by atoms with Crippen molar-refractivity contribution in [3.63, 3.8) is 0 Å². The zero-order valence-electron chi connectivity index (χ0n) is 12.9. The minimum absolute atomic E-state index is 0. The number of hydrogen-bond donors (Lipinski definition) is 2. The molecule has 0 amide bonds. The molecule has 0 bridgehead atoms. The lowest BCUT2D eigenvalue weighted by atomic mass is 9.98. The van der Waals surface area contributed by atoms with Gasteiger partial charge in [-0.2, -0.15) is 0 Å². The van der Waals surface area contributed by atoms with Crippen LogP contribution in [0.15, 0.2) is 4.99 Å². The van der Waals surface area contributed by atoms with Gasteiger partial charge in [-0.05, 0) is 31.6 Å². The summed E-state index contributed by atoms with van der Waals surface area (Å²) in [5, 5.41) is 6.79. The summed E-state index contributed by atoms with van der Waals surface area (Å²) in [5.74, 6) is 1.74. The van der Waals surface area contributed by atoms with Crippen LogP contribution >= 0.6 is 24.0 Å². The fourth-order valence-corrected chi connectivity index (χ4v) is 2.65. The van der Waals surface area contributed by atoms with Crippen LogP contribution in [0.25, 0.3) is 0 Å². The Balaban J connectivity index is 0.00000200. The number of rotatable bonds is 6. The molecule has 2 saturated carbocycles. The van der Waals surface area contributed by atoms with Gasteiger partial charge in [0.1, 0.15) is 0 Å². The second-order valence-corrected chi connectivity index (χ2v) is 5.95. The SMILES string of the molecule is CN=C(NCCCOC1CCCCC1)NC1CC1C.I. The van der Waals surface area contributed by atoms with Gasteiger partial charge in [0.25, 0.3) is 0 Å². The van der Waals surface area contributed by atoms with Crippen molar-refractivity contribution in [1.82, 2.24) is 10.6 Å². The summed E-state index contributed by atoms with van der Waals surface area (Å²) in [6.07, 6.45) is 9.45. The summed E-state index contributed by atoms with van der Waals surface area (Å²) in [5.41, 5.74) is 0. The van der Waals surface area contributed by atoms with Crippen molar-refractivity contribution in [2.24, 2.45) is 10.9 Å². The average molecular weight is 395 g/mol. The van der Waals surface area contributed by atoms with E-state index in [1.54, 1.807) is 0 Å². The maximum atomic E-state index is 5.91. The number of nitrogens with zero attached hydrogens (tertiary/aromatic N) is 1. The average Bonchev–Trinajstić information content (AvgIpc) is 3.13. The van der Waals surface area contributed by atoms with E-state index in [0.717, 1.165) is 31.4 Å². The predicted octanol–water partition coefficient (Wildman–Crippen LogP) is 2.92. The molecule has 20 heavy (non-hydrogen) atoms. The van der Waals surface area contributed by atoms with Gasteiger partial charge in [0.05, 0.1) is 6.10 Å². The molecule has 0 heterocycles. The lowest BCUT2D eigenvalue weighted by Gasteiger charge is -2.22. The Bertz CT molecular complexity index is 293. The quantitative estimate of drug-likeness (QED) is 0.315. The number of ether oxygens (including phenoxy) is 1. The van der Waals surface area contributed by atoms with Crippen molar-refractivity contribution in [1.29, 1.82) is 0 Å². The Hall–Kier alpha value is -0.0400. The van der Waals surface area contributed by atoms with Crippen molar-refractivity contribution in [2.75, 3.05) is 20.2 Å². The van der Waals surface area contributed by atoms with Gasteiger partial charge < -0.3 is 15.4 Å². The van der Waals surface area contributed by atoms with Gasteiger partial charge in [-0.1, -0.05) is 26.2 Å². The first-order valence-electron chi connectivity index (χ1n) is 7.88. The highest BCUT2D eigenvalue weighted by molar-refractivity contribution is 14.0. The van der Waals surface area contributed by atoms with Crippen LogP contribution < -0.4 is 10.6 Å². The Labute approximate surface area is 140 Å². The van der Waals surface area contributed by atoms with Crippen LogP contribution in [-0.2, 0) is 4.74 Å². The molecule has 2 aliphatic carbocycles. The minimum Gasteiger partial charge on any atom is -0.378 e. The van der Waals surface area contributed by atoms with Gasteiger partial charge >= 0.3 is 0 Å². The normalized spacial score (nSPS) is 26.8. The Morgan fingerprint density at radius 2 is 1.95 bits per heavy atom. The van der Waals surface area contributed by atoms with Crippen LogP contribution in [-0.4, -0.2) is 38.3 Å². The summed E-state index contributed by atoms with van der Waals surface area (Å²) in [4.78, 5) is 4.24. The first kappa shape index (κ1) is 18.0. The summed E-state index contributed by atoms with van der Waals surface area (Å²) >= 11 is 0. The van der Waals surface area contributed by atoms with Crippen molar-refractivity contribution in [3.05, 3.63) is 0 Å². The zero-order chi connectivity index (χ0) is 13.5. The molecule has 2 fully saturated rings. The molecule has 0 aliphatic heterocycles. The van der Waals surface area contributed by atoms with E-state index < -0.39 is 0 Å². The molecule has 0 saturated heterocycles. The van der Waals surface area contributed by atoms with E-state index in [1.165, 1.54) is 38.5 Å². The van der Waals surface area contributed by atoms with Gasteiger partial charge in [0.2, 0.25) is 0 Å². The standard InChI is InChI=1S/C15H29N3O.HI/c1-12-11-14(12)18-15(16-2)17-9-6-10-19-13-7-4-3-5-8-13;/h12-14H,3-11H2,1-2H3,(H2,16,17,18);1H. The van der Waals surface area contributed by atoms with E-state index >= 15 is 0 Å². The molecule has 5 heteroatoms. The first-order valence-corrected chi connectivity index (χ1v) is 7.88. The molecular weight excluding hydrogens is 365 g/mol. The highest BCUT2D eigenvalue weighted by atomic mass is 127. The van der Waals surface area contributed by atoms with E-state index in [2.05, 4.69) is 22.5 Å². The molecular formula is C15H30IN3O. The van der Waals surface area contributed by atoms with Crippen molar-refractivity contribution in [2.45, 2.75) is 64.0 Å². The molecule has 0 aromatic heterocycles. The Morgan fingerprint density at radius 3 is 2.55 bits per heavy atom. The van der Waals surface area contributed by atoms with E-state index in [1.807, 2.05) is 7.05 Å². The number of guanidine groups is 1.